The topological polar surface area (TPSA) is 4.93 Å². The number of benzene rings is 6. The molecule has 1 nitrogen and oxygen atoms in total. The third-order valence-corrected chi connectivity index (χ3v) is 9.85. The largest absolute Gasteiger partial charge is 0.309 e. The average molecular weight is 582 g/mol. The Bertz CT molecular complexity index is 2340. The van der Waals surface area contributed by atoms with E-state index in [1.165, 1.54) is 81.4 Å². The van der Waals surface area contributed by atoms with Crippen LogP contribution in [-0.4, -0.2) is 4.57 Å². The van der Waals surface area contributed by atoms with Crippen molar-refractivity contribution in [3.8, 4) is 28.1 Å². The summed E-state index contributed by atoms with van der Waals surface area (Å²) in [5.41, 5.74) is 12.3. The van der Waals surface area contributed by atoms with Crippen molar-refractivity contribution in [1.29, 1.82) is 0 Å². The molecule has 0 N–H and O–H groups in total. The zero-order chi connectivity index (χ0) is 29.6. The van der Waals surface area contributed by atoms with Gasteiger partial charge in [-0.15, -0.1) is 11.3 Å². The van der Waals surface area contributed by atoms with Crippen LogP contribution in [0.15, 0.2) is 146 Å². The van der Waals surface area contributed by atoms with Gasteiger partial charge in [-0.3, -0.25) is 0 Å². The Kier molecular flexibility index (Phi) is 6.51. The molecule has 2 heteroatoms. The zero-order valence-corrected chi connectivity index (χ0v) is 25.6. The van der Waals surface area contributed by atoms with E-state index in [1.54, 1.807) is 0 Å². The molecule has 0 unspecified atom stereocenters. The maximum absolute atomic E-state index is 2.44. The predicted octanol–water partition coefficient (Wildman–Crippen LogP) is 12.2. The molecule has 0 saturated heterocycles. The van der Waals surface area contributed by atoms with Crippen LogP contribution in [0.1, 0.15) is 23.6 Å². The van der Waals surface area contributed by atoms with Gasteiger partial charge in [-0.05, 0) is 89.2 Å². The highest BCUT2D eigenvalue weighted by Gasteiger charge is 2.15. The monoisotopic (exact) mass is 581 g/mol. The molecule has 2 heterocycles. The lowest BCUT2D eigenvalue weighted by Crippen LogP contribution is -1.97. The molecule has 2 aromatic heterocycles. The molecule has 0 saturated carbocycles. The summed E-state index contributed by atoms with van der Waals surface area (Å²) in [7, 11) is 0. The summed E-state index contributed by atoms with van der Waals surface area (Å²) in [6.45, 7) is 4.40. The van der Waals surface area contributed by atoms with Crippen LogP contribution >= 0.6 is 11.3 Å². The number of fused-ring (bicyclic) bond motifs is 4. The van der Waals surface area contributed by atoms with Crippen molar-refractivity contribution in [3.05, 3.63) is 162 Å². The number of nitrogens with zero attached hydrogens (tertiary/aromatic N) is 1. The second-order valence-corrected chi connectivity index (χ2v) is 12.6. The molecular weight excluding hydrogens is 551 g/mol. The van der Waals surface area contributed by atoms with Gasteiger partial charge in [0.1, 0.15) is 0 Å². The van der Waals surface area contributed by atoms with Gasteiger partial charge >= 0.3 is 0 Å². The lowest BCUT2D eigenvalue weighted by atomic mass is 9.97. The van der Waals surface area contributed by atoms with E-state index in [1.807, 2.05) is 11.3 Å². The molecule has 8 aromatic rings. The van der Waals surface area contributed by atoms with E-state index in [4.69, 9.17) is 0 Å². The van der Waals surface area contributed by atoms with Crippen molar-refractivity contribution in [1.82, 2.24) is 4.57 Å². The van der Waals surface area contributed by atoms with E-state index < -0.39 is 0 Å². The number of rotatable bonds is 5. The Morgan fingerprint density at radius 3 is 2.11 bits per heavy atom. The second-order valence-electron chi connectivity index (χ2n) is 11.5. The molecule has 0 aliphatic rings. The van der Waals surface area contributed by atoms with E-state index in [9.17, 15) is 0 Å². The van der Waals surface area contributed by atoms with Crippen molar-refractivity contribution >= 4 is 54.1 Å². The van der Waals surface area contributed by atoms with E-state index in [2.05, 4.69) is 170 Å². The second kappa shape index (κ2) is 10.8. The minimum Gasteiger partial charge on any atom is -0.309 e. The Morgan fingerprint density at radius 1 is 0.591 bits per heavy atom. The lowest BCUT2D eigenvalue weighted by molar-refractivity contribution is 1.14. The number of allylic oxidation sites excluding steroid dienone is 1. The standard InChI is InChI=1S/C42H31NS/c1-28(30-11-5-3-6-12-30)23-32-17-18-33(24-29(32)2)34-19-20-35-26-39(31-13-7-4-8-14-31)43(40(35)25-34)36-21-22-42-38(27-36)37-15-9-10-16-41(37)44-42/h3-27H,1-2H3/b28-23+. The fourth-order valence-corrected chi connectivity index (χ4v) is 7.45. The van der Waals surface area contributed by atoms with Crippen molar-refractivity contribution in [2.24, 2.45) is 0 Å². The Hall–Kier alpha value is -5.18. The minimum atomic E-state index is 1.18. The fourth-order valence-electron chi connectivity index (χ4n) is 6.37. The van der Waals surface area contributed by atoms with Crippen LogP contribution in [-0.2, 0) is 0 Å². The Morgan fingerprint density at radius 2 is 1.30 bits per heavy atom. The highest BCUT2D eigenvalue weighted by atomic mass is 32.1. The third kappa shape index (κ3) is 4.65. The summed E-state index contributed by atoms with van der Waals surface area (Å²) in [6, 6.07) is 53.0. The van der Waals surface area contributed by atoms with Gasteiger partial charge in [0.15, 0.2) is 0 Å². The maximum atomic E-state index is 2.44. The molecular formula is C42H31NS. The predicted molar refractivity (Wildman–Crippen MR) is 192 cm³/mol. The molecule has 210 valence electrons. The molecule has 0 bridgehead atoms. The van der Waals surface area contributed by atoms with Gasteiger partial charge in [0.05, 0.1) is 11.2 Å². The lowest BCUT2D eigenvalue weighted by Gasteiger charge is -2.13. The van der Waals surface area contributed by atoms with Gasteiger partial charge in [0, 0.05) is 31.2 Å². The van der Waals surface area contributed by atoms with Crippen LogP contribution in [0, 0.1) is 6.92 Å². The van der Waals surface area contributed by atoms with Crippen LogP contribution in [0.25, 0.3) is 70.8 Å². The van der Waals surface area contributed by atoms with Crippen LogP contribution in [0.3, 0.4) is 0 Å². The Labute approximate surface area is 262 Å². The van der Waals surface area contributed by atoms with Gasteiger partial charge in [-0.2, -0.15) is 0 Å². The first-order valence-electron chi connectivity index (χ1n) is 15.1. The number of aryl methyl sites for hydroxylation is 1. The van der Waals surface area contributed by atoms with E-state index in [-0.39, 0.29) is 0 Å². The van der Waals surface area contributed by atoms with Crippen molar-refractivity contribution in [3.63, 3.8) is 0 Å². The number of hydrogen-bond donors (Lipinski definition) is 0. The molecule has 0 aliphatic carbocycles. The van der Waals surface area contributed by atoms with Crippen molar-refractivity contribution in [2.75, 3.05) is 0 Å². The summed E-state index contributed by atoms with van der Waals surface area (Å²) in [5.74, 6) is 0. The first-order valence-corrected chi connectivity index (χ1v) is 15.9. The first kappa shape index (κ1) is 26.4. The summed E-state index contributed by atoms with van der Waals surface area (Å²) >= 11 is 1.86. The summed E-state index contributed by atoms with van der Waals surface area (Å²) in [6.07, 6.45) is 2.29. The van der Waals surface area contributed by atoms with Gasteiger partial charge in [0.2, 0.25) is 0 Å². The molecule has 0 aliphatic heterocycles. The minimum absolute atomic E-state index is 1.18. The molecule has 0 spiro atoms. The molecule has 44 heavy (non-hydrogen) atoms. The van der Waals surface area contributed by atoms with Gasteiger partial charge < -0.3 is 4.57 Å². The highest BCUT2D eigenvalue weighted by Crippen LogP contribution is 2.39. The van der Waals surface area contributed by atoms with Crippen LogP contribution in [0.2, 0.25) is 0 Å². The molecule has 0 atom stereocenters. The number of aromatic nitrogens is 1. The van der Waals surface area contributed by atoms with E-state index in [0.717, 1.165) is 0 Å². The molecule has 0 radical (unpaired) electrons. The van der Waals surface area contributed by atoms with Crippen LogP contribution in [0.5, 0.6) is 0 Å². The van der Waals surface area contributed by atoms with E-state index in [0.29, 0.717) is 0 Å². The third-order valence-electron chi connectivity index (χ3n) is 8.70. The molecule has 0 fully saturated rings. The number of thiophene rings is 1. The molecule has 8 rings (SSSR count). The van der Waals surface area contributed by atoms with Crippen molar-refractivity contribution in [2.45, 2.75) is 13.8 Å². The van der Waals surface area contributed by atoms with Crippen molar-refractivity contribution < 1.29 is 0 Å². The molecule has 0 amide bonds. The highest BCUT2D eigenvalue weighted by molar-refractivity contribution is 7.25. The first-order chi connectivity index (χ1) is 21.6. The zero-order valence-electron chi connectivity index (χ0n) is 24.8. The summed E-state index contributed by atoms with van der Waals surface area (Å²) < 4.78 is 5.09. The Balaban J connectivity index is 1.27. The van der Waals surface area contributed by atoms with Crippen LogP contribution in [0.4, 0.5) is 0 Å². The average Bonchev–Trinajstić information content (AvgIpc) is 3.64. The van der Waals surface area contributed by atoms with Gasteiger partial charge in [0.25, 0.3) is 0 Å². The van der Waals surface area contributed by atoms with E-state index >= 15 is 0 Å². The number of hydrogen-bond acceptors (Lipinski definition) is 1. The maximum Gasteiger partial charge on any atom is 0.0541 e. The molecule has 6 aromatic carbocycles. The van der Waals surface area contributed by atoms with Gasteiger partial charge in [-0.25, -0.2) is 0 Å². The normalized spacial score (nSPS) is 12.0. The smallest absolute Gasteiger partial charge is 0.0541 e. The summed E-state index contributed by atoms with van der Waals surface area (Å²) in [5, 5.41) is 3.86. The van der Waals surface area contributed by atoms with Crippen LogP contribution < -0.4 is 0 Å². The fraction of sp³-hybridized carbons (Fsp3) is 0.0476. The van der Waals surface area contributed by atoms with Gasteiger partial charge in [-0.1, -0.05) is 115 Å². The SMILES string of the molecule is C/C(=C\c1ccc(-c2ccc3cc(-c4ccccc4)n(-c4ccc5sc6ccccc6c5c4)c3c2)cc1C)c1ccccc1. The quantitative estimate of drug-likeness (QED) is 0.178. The summed E-state index contributed by atoms with van der Waals surface area (Å²) in [4.78, 5) is 0.